The van der Waals surface area contributed by atoms with E-state index < -0.39 is 5.91 Å². The van der Waals surface area contributed by atoms with Crippen molar-refractivity contribution in [2.24, 2.45) is 5.10 Å². The Balaban J connectivity index is 1.89. The minimum atomic E-state index is -0.449. The number of rotatable bonds is 6. The lowest BCUT2D eigenvalue weighted by Crippen LogP contribution is -2.24. The summed E-state index contributed by atoms with van der Waals surface area (Å²) in [6.45, 7) is -0.221. The first-order chi connectivity index (χ1) is 11.5. The number of halogens is 2. The normalized spacial score (nSPS) is 10.6. The Kier molecular flexibility index (Phi) is 6.45. The number of benzene rings is 2. The van der Waals surface area contributed by atoms with E-state index in [1.807, 2.05) is 0 Å². The standard InChI is InChI=1S/C16H14BrClN2O4/c1-23-14-4-2-3-10(16(14)22)8-19-20-15(21)9-24-13-6-5-11(18)7-12(13)17/h2-8,22H,9H2,1H3,(H,20,21)/b19-8+. The molecule has 0 fully saturated rings. The topological polar surface area (TPSA) is 80.2 Å². The Morgan fingerprint density at radius 2 is 2.17 bits per heavy atom. The van der Waals surface area contributed by atoms with Gasteiger partial charge in [-0.2, -0.15) is 5.10 Å². The van der Waals surface area contributed by atoms with Crippen LogP contribution in [0, 0.1) is 0 Å². The molecule has 0 spiro atoms. The largest absolute Gasteiger partial charge is 0.504 e. The van der Waals surface area contributed by atoms with E-state index in [9.17, 15) is 9.90 Å². The summed E-state index contributed by atoms with van der Waals surface area (Å²) in [7, 11) is 1.45. The lowest BCUT2D eigenvalue weighted by atomic mass is 10.2. The van der Waals surface area contributed by atoms with Gasteiger partial charge in [-0.15, -0.1) is 0 Å². The van der Waals surface area contributed by atoms with E-state index in [1.54, 1.807) is 36.4 Å². The average molecular weight is 414 g/mol. The lowest BCUT2D eigenvalue weighted by molar-refractivity contribution is -0.123. The SMILES string of the molecule is COc1cccc(/C=N/NC(=O)COc2ccc(Cl)cc2Br)c1O. The monoisotopic (exact) mass is 412 g/mol. The summed E-state index contributed by atoms with van der Waals surface area (Å²) in [6.07, 6.45) is 1.31. The fourth-order valence-electron chi connectivity index (χ4n) is 1.75. The van der Waals surface area contributed by atoms with Crippen molar-refractivity contribution in [2.45, 2.75) is 0 Å². The molecule has 0 saturated heterocycles. The number of nitrogens with one attached hydrogen (secondary N) is 1. The first kappa shape index (κ1) is 18.1. The number of hydrogen-bond donors (Lipinski definition) is 2. The van der Waals surface area contributed by atoms with Crippen molar-refractivity contribution in [2.75, 3.05) is 13.7 Å². The summed E-state index contributed by atoms with van der Waals surface area (Å²) in [4.78, 5) is 11.7. The van der Waals surface area contributed by atoms with Crippen LogP contribution < -0.4 is 14.9 Å². The van der Waals surface area contributed by atoms with E-state index >= 15 is 0 Å². The fourth-order valence-corrected chi connectivity index (χ4v) is 2.55. The van der Waals surface area contributed by atoms with Crippen LogP contribution in [0.15, 0.2) is 46.0 Å². The highest BCUT2D eigenvalue weighted by Gasteiger charge is 2.07. The van der Waals surface area contributed by atoms with Gasteiger partial charge in [-0.3, -0.25) is 4.79 Å². The van der Waals surface area contributed by atoms with E-state index in [-0.39, 0.29) is 12.4 Å². The zero-order valence-corrected chi connectivity index (χ0v) is 15.0. The van der Waals surface area contributed by atoms with Crippen LogP contribution in [0.2, 0.25) is 5.02 Å². The van der Waals surface area contributed by atoms with E-state index in [2.05, 4.69) is 26.5 Å². The Labute approximate surface area is 152 Å². The molecule has 24 heavy (non-hydrogen) atoms. The first-order valence-electron chi connectivity index (χ1n) is 6.77. The quantitative estimate of drug-likeness (QED) is 0.562. The number of amides is 1. The number of hydrazone groups is 1. The van der Waals surface area contributed by atoms with Gasteiger partial charge in [-0.25, -0.2) is 5.43 Å². The summed E-state index contributed by atoms with van der Waals surface area (Å²) in [5.41, 5.74) is 2.72. The summed E-state index contributed by atoms with van der Waals surface area (Å²) < 4.78 is 11.0. The summed E-state index contributed by atoms with van der Waals surface area (Å²) in [6, 6.07) is 9.92. The average Bonchev–Trinajstić information content (AvgIpc) is 2.55. The van der Waals surface area contributed by atoms with Crippen molar-refractivity contribution in [1.29, 1.82) is 0 Å². The number of phenolic OH excluding ortho intramolecular Hbond substituents is 1. The molecule has 8 heteroatoms. The molecule has 0 bridgehead atoms. The smallest absolute Gasteiger partial charge is 0.277 e. The van der Waals surface area contributed by atoms with Crippen LogP contribution in [0.1, 0.15) is 5.56 Å². The third kappa shape index (κ3) is 4.87. The van der Waals surface area contributed by atoms with Gasteiger partial charge in [0.1, 0.15) is 5.75 Å². The molecule has 2 aromatic rings. The van der Waals surface area contributed by atoms with Gasteiger partial charge in [0.05, 0.1) is 17.8 Å². The van der Waals surface area contributed by atoms with Crippen LogP contribution in [-0.2, 0) is 4.79 Å². The molecule has 1 amide bonds. The highest BCUT2D eigenvalue weighted by molar-refractivity contribution is 9.10. The summed E-state index contributed by atoms with van der Waals surface area (Å²) >= 11 is 9.12. The van der Waals surface area contributed by atoms with Gasteiger partial charge in [0.25, 0.3) is 5.91 Å². The molecule has 0 aliphatic rings. The molecular weight excluding hydrogens is 400 g/mol. The summed E-state index contributed by atoms with van der Waals surface area (Å²) in [5.74, 6) is 0.306. The molecule has 0 heterocycles. The summed E-state index contributed by atoms with van der Waals surface area (Å²) in [5, 5.41) is 14.2. The van der Waals surface area contributed by atoms with Crippen LogP contribution in [-0.4, -0.2) is 30.9 Å². The van der Waals surface area contributed by atoms with Crippen molar-refractivity contribution in [3.63, 3.8) is 0 Å². The number of nitrogens with zero attached hydrogens (tertiary/aromatic N) is 1. The molecule has 0 radical (unpaired) electrons. The van der Waals surface area contributed by atoms with E-state index in [1.165, 1.54) is 13.3 Å². The van der Waals surface area contributed by atoms with Gasteiger partial charge in [0.2, 0.25) is 0 Å². The van der Waals surface area contributed by atoms with Crippen molar-refractivity contribution < 1.29 is 19.4 Å². The highest BCUT2D eigenvalue weighted by Crippen LogP contribution is 2.28. The van der Waals surface area contributed by atoms with Crippen LogP contribution >= 0.6 is 27.5 Å². The predicted molar refractivity (Wildman–Crippen MR) is 95.0 cm³/mol. The molecule has 6 nitrogen and oxygen atoms in total. The molecule has 126 valence electrons. The number of hydrogen-bond acceptors (Lipinski definition) is 5. The minimum absolute atomic E-state index is 0.0562. The predicted octanol–water partition coefficient (Wildman–Crippen LogP) is 3.35. The number of para-hydroxylation sites is 1. The molecule has 0 aliphatic carbocycles. The maximum absolute atomic E-state index is 11.7. The van der Waals surface area contributed by atoms with Crippen LogP contribution in [0.3, 0.4) is 0 Å². The molecule has 2 aromatic carbocycles. The number of carbonyl (C=O) groups excluding carboxylic acids is 1. The molecule has 0 saturated carbocycles. The van der Waals surface area contributed by atoms with Gasteiger partial charge in [0.15, 0.2) is 18.1 Å². The van der Waals surface area contributed by atoms with Crippen LogP contribution in [0.4, 0.5) is 0 Å². The van der Waals surface area contributed by atoms with Gasteiger partial charge in [0, 0.05) is 10.6 Å². The van der Waals surface area contributed by atoms with Crippen molar-refractivity contribution in [3.8, 4) is 17.2 Å². The number of ether oxygens (including phenoxy) is 2. The van der Waals surface area contributed by atoms with Crippen molar-refractivity contribution >= 4 is 39.7 Å². The maximum atomic E-state index is 11.7. The van der Waals surface area contributed by atoms with Crippen LogP contribution in [0.25, 0.3) is 0 Å². The van der Waals surface area contributed by atoms with E-state index in [4.69, 9.17) is 21.1 Å². The molecule has 2 N–H and O–H groups in total. The van der Waals surface area contributed by atoms with Crippen LogP contribution in [0.5, 0.6) is 17.2 Å². The maximum Gasteiger partial charge on any atom is 0.277 e. The zero-order chi connectivity index (χ0) is 17.5. The van der Waals surface area contributed by atoms with Crippen molar-refractivity contribution in [1.82, 2.24) is 5.43 Å². The van der Waals surface area contributed by atoms with Gasteiger partial charge >= 0.3 is 0 Å². The second kappa shape index (κ2) is 8.56. The van der Waals surface area contributed by atoms with E-state index in [0.29, 0.717) is 26.6 Å². The Morgan fingerprint density at radius 1 is 1.38 bits per heavy atom. The van der Waals surface area contributed by atoms with E-state index in [0.717, 1.165) is 0 Å². The third-order valence-corrected chi connectivity index (χ3v) is 3.75. The first-order valence-corrected chi connectivity index (χ1v) is 7.94. The second-order valence-electron chi connectivity index (χ2n) is 4.55. The second-order valence-corrected chi connectivity index (χ2v) is 5.85. The number of carbonyl (C=O) groups is 1. The Morgan fingerprint density at radius 3 is 2.88 bits per heavy atom. The fraction of sp³-hybridized carbons (Fsp3) is 0.125. The number of methoxy groups -OCH3 is 1. The lowest BCUT2D eigenvalue weighted by Gasteiger charge is -2.07. The molecule has 0 atom stereocenters. The molecule has 0 aromatic heterocycles. The highest BCUT2D eigenvalue weighted by atomic mass is 79.9. The molecule has 0 unspecified atom stereocenters. The Bertz CT molecular complexity index is 768. The number of aromatic hydroxyl groups is 1. The number of phenols is 1. The Hall–Kier alpha value is -2.25. The van der Waals surface area contributed by atoms with Gasteiger partial charge < -0.3 is 14.6 Å². The minimum Gasteiger partial charge on any atom is -0.504 e. The van der Waals surface area contributed by atoms with Gasteiger partial charge in [-0.1, -0.05) is 17.7 Å². The van der Waals surface area contributed by atoms with Gasteiger partial charge in [-0.05, 0) is 46.3 Å². The zero-order valence-electron chi connectivity index (χ0n) is 12.6. The van der Waals surface area contributed by atoms with Crippen molar-refractivity contribution in [3.05, 3.63) is 51.5 Å². The molecule has 2 rings (SSSR count). The molecular formula is C16H14BrClN2O4. The molecule has 0 aliphatic heterocycles. The third-order valence-electron chi connectivity index (χ3n) is 2.90.